The second-order valence-electron chi connectivity index (χ2n) is 6.26. The number of benzene rings is 1. The van der Waals surface area contributed by atoms with Gasteiger partial charge in [-0.2, -0.15) is 0 Å². The summed E-state index contributed by atoms with van der Waals surface area (Å²) in [4.78, 5) is 14.0. The first-order valence-electron chi connectivity index (χ1n) is 7.04. The predicted octanol–water partition coefficient (Wildman–Crippen LogP) is 2.97. The molecule has 1 rings (SSSR count). The Balaban J connectivity index is 2.70. The van der Waals surface area contributed by atoms with Gasteiger partial charge >= 0.3 is 0 Å². The van der Waals surface area contributed by atoms with E-state index in [0.29, 0.717) is 18.8 Å². The minimum Gasteiger partial charge on any atom is -0.480 e. The number of carbonyl (C=O) groups is 1. The normalized spacial score (nSPS) is 12.9. The fourth-order valence-corrected chi connectivity index (χ4v) is 2.62. The van der Waals surface area contributed by atoms with Crippen molar-refractivity contribution in [3.8, 4) is 5.75 Å². The van der Waals surface area contributed by atoms with E-state index in [2.05, 4.69) is 15.9 Å². The molecule has 1 aromatic rings. The van der Waals surface area contributed by atoms with Crippen LogP contribution in [0.4, 0.5) is 0 Å². The molecule has 4 nitrogen and oxygen atoms in total. The standard InChI is InChI=1S/C16H25BrN2O2/c1-11-6-7-14(13(17)8-11)21-12(2)15(20)19(5)10-16(3,4)9-18/h6-8,12H,9-10,18H2,1-5H3. The molecule has 0 saturated heterocycles. The number of amides is 1. The third-order valence-corrected chi connectivity index (χ3v) is 3.95. The molecule has 21 heavy (non-hydrogen) atoms. The molecular weight excluding hydrogens is 332 g/mol. The van der Waals surface area contributed by atoms with E-state index in [-0.39, 0.29) is 11.3 Å². The lowest BCUT2D eigenvalue weighted by molar-refractivity contribution is -0.137. The highest BCUT2D eigenvalue weighted by Crippen LogP contribution is 2.27. The lowest BCUT2D eigenvalue weighted by Crippen LogP contribution is -2.44. The zero-order valence-electron chi connectivity index (χ0n) is 13.4. The van der Waals surface area contributed by atoms with Gasteiger partial charge in [-0.05, 0) is 59.4 Å². The van der Waals surface area contributed by atoms with Crippen molar-refractivity contribution >= 4 is 21.8 Å². The lowest BCUT2D eigenvalue weighted by Gasteiger charge is -2.30. The number of aryl methyl sites for hydroxylation is 1. The van der Waals surface area contributed by atoms with Crippen LogP contribution >= 0.6 is 15.9 Å². The van der Waals surface area contributed by atoms with E-state index >= 15 is 0 Å². The summed E-state index contributed by atoms with van der Waals surface area (Å²) >= 11 is 3.46. The van der Waals surface area contributed by atoms with Crippen LogP contribution in [0.1, 0.15) is 26.3 Å². The highest BCUT2D eigenvalue weighted by Gasteiger charge is 2.25. The third kappa shape index (κ3) is 5.32. The van der Waals surface area contributed by atoms with Gasteiger partial charge in [-0.1, -0.05) is 19.9 Å². The van der Waals surface area contributed by atoms with Gasteiger partial charge in [0.25, 0.3) is 5.91 Å². The number of ether oxygens (including phenoxy) is 1. The van der Waals surface area contributed by atoms with Crippen LogP contribution in [-0.4, -0.2) is 37.0 Å². The second-order valence-corrected chi connectivity index (χ2v) is 7.11. The van der Waals surface area contributed by atoms with E-state index in [1.54, 1.807) is 18.9 Å². The molecule has 0 aliphatic heterocycles. The molecule has 5 heteroatoms. The van der Waals surface area contributed by atoms with Crippen LogP contribution in [0.2, 0.25) is 0 Å². The van der Waals surface area contributed by atoms with Gasteiger partial charge in [0.2, 0.25) is 0 Å². The maximum Gasteiger partial charge on any atom is 0.263 e. The Morgan fingerprint density at radius 3 is 2.62 bits per heavy atom. The summed E-state index contributed by atoms with van der Waals surface area (Å²) < 4.78 is 6.62. The number of nitrogens with zero attached hydrogens (tertiary/aromatic N) is 1. The first-order valence-corrected chi connectivity index (χ1v) is 7.83. The lowest BCUT2D eigenvalue weighted by atomic mass is 9.93. The molecular formula is C16H25BrN2O2. The molecule has 0 aromatic heterocycles. The second kappa shape index (κ2) is 7.27. The van der Waals surface area contributed by atoms with Crippen molar-refractivity contribution in [1.82, 2.24) is 4.90 Å². The van der Waals surface area contributed by atoms with E-state index in [0.717, 1.165) is 10.0 Å². The van der Waals surface area contributed by atoms with Crippen molar-refractivity contribution in [3.63, 3.8) is 0 Å². The average Bonchev–Trinajstić information content (AvgIpc) is 2.40. The Kier molecular flexibility index (Phi) is 6.23. The number of rotatable bonds is 6. The minimum absolute atomic E-state index is 0.0519. The van der Waals surface area contributed by atoms with Crippen molar-refractivity contribution < 1.29 is 9.53 Å². The largest absolute Gasteiger partial charge is 0.480 e. The molecule has 1 amide bonds. The van der Waals surface area contributed by atoms with Crippen molar-refractivity contribution in [1.29, 1.82) is 0 Å². The van der Waals surface area contributed by atoms with Crippen LogP contribution < -0.4 is 10.5 Å². The van der Waals surface area contributed by atoms with Crippen molar-refractivity contribution in [3.05, 3.63) is 28.2 Å². The Morgan fingerprint density at radius 2 is 2.10 bits per heavy atom. The van der Waals surface area contributed by atoms with Gasteiger partial charge in [-0.3, -0.25) is 4.79 Å². The first kappa shape index (κ1) is 18.0. The molecule has 2 N–H and O–H groups in total. The Morgan fingerprint density at radius 1 is 1.48 bits per heavy atom. The van der Waals surface area contributed by atoms with E-state index in [9.17, 15) is 4.79 Å². The highest BCUT2D eigenvalue weighted by molar-refractivity contribution is 9.10. The fourth-order valence-electron chi connectivity index (χ4n) is 2.04. The zero-order chi connectivity index (χ0) is 16.2. The number of carbonyl (C=O) groups excluding carboxylic acids is 1. The number of halogens is 1. The Hall–Kier alpha value is -1.07. The van der Waals surface area contributed by atoms with Gasteiger partial charge in [-0.15, -0.1) is 0 Å². The van der Waals surface area contributed by atoms with Gasteiger partial charge in [-0.25, -0.2) is 0 Å². The summed E-state index contributed by atoms with van der Waals surface area (Å²) in [7, 11) is 1.78. The Bertz CT molecular complexity index is 503. The molecule has 0 heterocycles. The van der Waals surface area contributed by atoms with Crippen LogP contribution in [0.3, 0.4) is 0 Å². The summed E-state index contributed by atoms with van der Waals surface area (Å²) in [5, 5.41) is 0. The molecule has 1 atom stereocenters. The van der Waals surface area contributed by atoms with Crippen LogP contribution in [0.5, 0.6) is 5.75 Å². The highest BCUT2D eigenvalue weighted by atomic mass is 79.9. The van der Waals surface area contributed by atoms with E-state index in [4.69, 9.17) is 10.5 Å². The molecule has 1 aromatic carbocycles. The van der Waals surface area contributed by atoms with Gasteiger partial charge in [0.05, 0.1) is 4.47 Å². The van der Waals surface area contributed by atoms with E-state index in [1.807, 2.05) is 39.0 Å². The summed E-state index contributed by atoms with van der Waals surface area (Å²) in [6.45, 7) is 8.98. The molecule has 0 saturated carbocycles. The van der Waals surface area contributed by atoms with E-state index < -0.39 is 6.10 Å². The minimum atomic E-state index is -0.539. The third-order valence-electron chi connectivity index (χ3n) is 3.33. The van der Waals surface area contributed by atoms with Gasteiger partial charge in [0.15, 0.2) is 6.10 Å². The maximum atomic E-state index is 12.4. The van der Waals surface area contributed by atoms with Crippen LogP contribution in [0.15, 0.2) is 22.7 Å². The maximum absolute atomic E-state index is 12.4. The Labute approximate surface area is 135 Å². The predicted molar refractivity (Wildman–Crippen MR) is 89.4 cm³/mol. The van der Waals surface area contributed by atoms with Crippen LogP contribution in [-0.2, 0) is 4.79 Å². The van der Waals surface area contributed by atoms with Crippen molar-refractivity contribution in [2.24, 2.45) is 11.1 Å². The smallest absolute Gasteiger partial charge is 0.263 e. The first-order chi connectivity index (χ1) is 9.66. The van der Waals surface area contributed by atoms with Crippen molar-refractivity contribution in [2.75, 3.05) is 20.1 Å². The monoisotopic (exact) mass is 356 g/mol. The quantitative estimate of drug-likeness (QED) is 0.852. The number of hydrogen-bond donors (Lipinski definition) is 1. The van der Waals surface area contributed by atoms with Crippen LogP contribution in [0.25, 0.3) is 0 Å². The molecule has 0 radical (unpaired) electrons. The topological polar surface area (TPSA) is 55.6 Å². The molecule has 0 aliphatic carbocycles. The SMILES string of the molecule is Cc1ccc(OC(C)C(=O)N(C)CC(C)(C)CN)c(Br)c1. The average molecular weight is 357 g/mol. The van der Waals surface area contributed by atoms with Crippen molar-refractivity contribution in [2.45, 2.75) is 33.8 Å². The molecule has 0 fully saturated rings. The molecule has 118 valence electrons. The number of likely N-dealkylation sites (N-methyl/N-ethyl adjacent to an activating group) is 1. The number of hydrogen-bond acceptors (Lipinski definition) is 3. The van der Waals surface area contributed by atoms with Gasteiger partial charge in [0, 0.05) is 13.6 Å². The summed E-state index contributed by atoms with van der Waals surface area (Å²) in [5.74, 6) is 0.622. The molecule has 0 bridgehead atoms. The molecule has 0 aliphatic rings. The zero-order valence-corrected chi connectivity index (χ0v) is 15.0. The van der Waals surface area contributed by atoms with Gasteiger partial charge < -0.3 is 15.4 Å². The number of nitrogens with two attached hydrogens (primary N) is 1. The summed E-state index contributed by atoms with van der Waals surface area (Å²) in [6.07, 6.45) is -0.539. The molecule has 1 unspecified atom stereocenters. The fraction of sp³-hybridized carbons (Fsp3) is 0.562. The van der Waals surface area contributed by atoms with Crippen LogP contribution in [0, 0.1) is 12.3 Å². The summed E-state index contributed by atoms with van der Waals surface area (Å²) in [5.41, 5.74) is 6.74. The molecule has 0 spiro atoms. The summed E-state index contributed by atoms with van der Waals surface area (Å²) in [6, 6.07) is 5.79. The van der Waals surface area contributed by atoms with Gasteiger partial charge in [0.1, 0.15) is 5.75 Å². The van der Waals surface area contributed by atoms with E-state index in [1.165, 1.54) is 0 Å².